The molecule has 0 aromatic heterocycles. The molecule has 0 radical (unpaired) electrons. The van der Waals surface area contributed by atoms with Gasteiger partial charge in [0.05, 0.1) is 12.0 Å². The minimum atomic E-state index is -1.48. The Bertz CT molecular complexity index is 704. The third-order valence-corrected chi connectivity index (χ3v) is 10.0. The maximum absolute atomic E-state index is 13.2. The summed E-state index contributed by atoms with van der Waals surface area (Å²) in [5.41, 5.74) is 0. The van der Waals surface area contributed by atoms with E-state index in [4.69, 9.17) is 14.2 Å². The Kier molecular flexibility index (Phi) is 28.3. The number of rotatable bonds is 32. The van der Waals surface area contributed by atoms with Crippen LogP contribution in [0.25, 0.3) is 0 Å². The van der Waals surface area contributed by atoms with Crippen molar-refractivity contribution in [3.63, 3.8) is 0 Å². The van der Waals surface area contributed by atoms with Gasteiger partial charge in [-0.1, -0.05) is 174 Å². The Morgan fingerprint density at radius 1 is 0.574 bits per heavy atom. The molecular formula is C39H76O8. The van der Waals surface area contributed by atoms with Gasteiger partial charge in [0.2, 0.25) is 0 Å². The van der Waals surface area contributed by atoms with E-state index < -0.39 is 48.7 Å². The molecule has 8 heteroatoms. The molecule has 0 saturated carbocycles. The summed E-state index contributed by atoms with van der Waals surface area (Å²) in [6.45, 7) is 4.22. The molecule has 47 heavy (non-hydrogen) atoms. The van der Waals surface area contributed by atoms with E-state index in [0.29, 0.717) is 12.8 Å². The third kappa shape index (κ3) is 21.1. The number of unbranched alkanes of at least 4 members (excludes halogenated alkanes) is 23. The number of methoxy groups -OCH3 is 1. The number of hydrogen-bond donors (Lipinski definition) is 4. The molecule has 280 valence electrons. The summed E-state index contributed by atoms with van der Waals surface area (Å²) >= 11 is 0. The highest BCUT2D eigenvalue weighted by molar-refractivity contribution is 5.73. The molecule has 1 aliphatic heterocycles. The fraction of sp³-hybridized carbons (Fsp3) is 0.974. The van der Waals surface area contributed by atoms with E-state index in [1.807, 2.05) is 0 Å². The molecule has 0 aromatic carbocycles. The maximum atomic E-state index is 13.2. The van der Waals surface area contributed by atoms with Crippen molar-refractivity contribution in [3.05, 3.63) is 0 Å². The molecule has 0 aromatic rings. The lowest BCUT2D eigenvalue weighted by Gasteiger charge is -2.39. The van der Waals surface area contributed by atoms with Crippen molar-refractivity contribution >= 4 is 5.97 Å². The van der Waals surface area contributed by atoms with Gasteiger partial charge in [0, 0.05) is 7.11 Å². The predicted octanol–water partition coefficient (Wildman–Crippen LogP) is 8.53. The van der Waals surface area contributed by atoms with Gasteiger partial charge < -0.3 is 34.6 Å². The van der Waals surface area contributed by atoms with Gasteiger partial charge in [0.15, 0.2) is 6.29 Å². The summed E-state index contributed by atoms with van der Waals surface area (Å²) in [6.07, 6.45) is 25.0. The van der Waals surface area contributed by atoms with Crippen LogP contribution >= 0.6 is 0 Å². The minimum absolute atomic E-state index is 0.288. The third-order valence-electron chi connectivity index (χ3n) is 10.0. The lowest BCUT2D eigenvalue weighted by molar-refractivity contribution is -0.295. The Labute approximate surface area is 288 Å². The van der Waals surface area contributed by atoms with E-state index in [-0.39, 0.29) is 6.61 Å². The maximum Gasteiger partial charge on any atom is 0.311 e. The van der Waals surface area contributed by atoms with E-state index in [0.717, 1.165) is 38.5 Å². The largest absolute Gasteiger partial charge is 0.463 e. The average molecular weight is 673 g/mol. The van der Waals surface area contributed by atoms with Gasteiger partial charge in [0.25, 0.3) is 0 Å². The smallest absolute Gasteiger partial charge is 0.311 e. The summed E-state index contributed by atoms with van der Waals surface area (Å²) in [4.78, 5) is 13.2. The van der Waals surface area contributed by atoms with E-state index in [2.05, 4.69) is 13.8 Å². The zero-order valence-electron chi connectivity index (χ0n) is 30.8. The van der Waals surface area contributed by atoms with Crippen molar-refractivity contribution in [2.24, 2.45) is 5.92 Å². The highest BCUT2D eigenvalue weighted by atomic mass is 16.7. The van der Waals surface area contributed by atoms with E-state index in [1.165, 1.54) is 129 Å². The first-order chi connectivity index (χ1) is 22.9. The molecule has 4 N–H and O–H groups in total. The summed E-state index contributed by atoms with van der Waals surface area (Å²) in [5, 5.41) is 41.7. The number of hydrogen-bond acceptors (Lipinski definition) is 8. The lowest BCUT2D eigenvalue weighted by atomic mass is 9.91. The second kappa shape index (κ2) is 30.1. The average Bonchev–Trinajstić information content (AvgIpc) is 3.07. The van der Waals surface area contributed by atoms with Crippen molar-refractivity contribution < 1.29 is 39.4 Å². The van der Waals surface area contributed by atoms with Crippen LogP contribution < -0.4 is 0 Å². The molecule has 1 fully saturated rings. The first-order valence-electron chi connectivity index (χ1n) is 19.9. The lowest BCUT2D eigenvalue weighted by Crippen LogP contribution is -2.59. The first-order valence-corrected chi connectivity index (χ1v) is 19.9. The van der Waals surface area contributed by atoms with Crippen LogP contribution in [0.3, 0.4) is 0 Å². The molecule has 0 unspecified atom stereocenters. The predicted molar refractivity (Wildman–Crippen MR) is 190 cm³/mol. The Morgan fingerprint density at radius 2 is 0.957 bits per heavy atom. The van der Waals surface area contributed by atoms with Crippen LogP contribution in [-0.4, -0.2) is 76.9 Å². The fourth-order valence-corrected chi connectivity index (χ4v) is 6.77. The molecule has 0 aliphatic carbocycles. The van der Waals surface area contributed by atoms with Crippen LogP contribution in [0.15, 0.2) is 0 Å². The summed E-state index contributed by atoms with van der Waals surface area (Å²) < 4.78 is 16.1. The molecule has 1 aliphatic rings. The van der Waals surface area contributed by atoms with E-state index in [1.54, 1.807) is 0 Å². The summed E-state index contributed by atoms with van der Waals surface area (Å²) in [7, 11) is 1.33. The van der Waals surface area contributed by atoms with Gasteiger partial charge in [-0.05, 0) is 12.8 Å². The second-order valence-corrected chi connectivity index (χ2v) is 14.3. The van der Waals surface area contributed by atoms with E-state index >= 15 is 0 Å². The van der Waals surface area contributed by atoms with Gasteiger partial charge in [0.1, 0.15) is 31.0 Å². The SMILES string of the molecule is CCCCCCCCCCCCCCC[C@H](O)[C@@H](CCCCCCCCCCCCCC)C(=O)OC[C@H]1O[C@H](OC)[C@H](O)[C@@H](O)[C@@H]1O. The highest BCUT2D eigenvalue weighted by Crippen LogP contribution is 2.25. The van der Waals surface area contributed by atoms with Crippen LogP contribution in [0.2, 0.25) is 0 Å². The van der Waals surface area contributed by atoms with Gasteiger partial charge in [-0.15, -0.1) is 0 Å². The molecule has 8 nitrogen and oxygen atoms in total. The molecule has 7 atom stereocenters. The molecular weight excluding hydrogens is 596 g/mol. The fourth-order valence-electron chi connectivity index (χ4n) is 6.77. The molecule has 0 bridgehead atoms. The normalized spacial score (nSPS) is 22.7. The van der Waals surface area contributed by atoms with Gasteiger partial charge in [-0.3, -0.25) is 4.79 Å². The van der Waals surface area contributed by atoms with Gasteiger partial charge in [-0.25, -0.2) is 0 Å². The topological polar surface area (TPSA) is 126 Å². The highest BCUT2D eigenvalue weighted by Gasteiger charge is 2.44. The first kappa shape index (κ1) is 44.3. The number of carbonyl (C=O) groups is 1. The van der Waals surface area contributed by atoms with Crippen molar-refractivity contribution in [2.45, 2.75) is 224 Å². The van der Waals surface area contributed by atoms with Gasteiger partial charge >= 0.3 is 5.97 Å². The number of aliphatic hydroxyl groups excluding tert-OH is 4. The Balaban J connectivity index is 2.41. The van der Waals surface area contributed by atoms with Gasteiger partial charge in [-0.2, -0.15) is 0 Å². The molecule has 1 saturated heterocycles. The molecule has 0 amide bonds. The second-order valence-electron chi connectivity index (χ2n) is 14.3. The Morgan fingerprint density at radius 3 is 1.36 bits per heavy atom. The number of aliphatic hydroxyl groups is 4. The zero-order chi connectivity index (χ0) is 34.5. The number of ether oxygens (including phenoxy) is 3. The zero-order valence-corrected chi connectivity index (χ0v) is 30.8. The molecule has 0 spiro atoms. The van der Waals surface area contributed by atoms with E-state index in [9.17, 15) is 25.2 Å². The minimum Gasteiger partial charge on any atom is -0.463 e. The van der Waals surface area contributed by atoms with Crippen LogP contribution in [0, 0.1) is 5.92 Å². The quantitative estimate of drug-likeness (QED) is 0.0414. The van der Waals surface area contributed by atoms with Crippen LogP contribution in [0.5, 0.6) is 0 Å². The van der Waals surface area contributed by atoms with Crippen molar-refractivity contribution in [3.8, 4) is 0 Å². The van der Waals surface area contributed by atoms with Crippen molar-refractivity contribution in [1.82, 2.24) is 0 Å². The Hall–Kier alpha value is -0.770. The molecule has 1 heterocycles. The summed E-state index contributed by atoms with van der Waals surface area (Å²) in [6, 6.07) is 0. The summed E-state index contributed by atoms with van der Waals surface area (Å²) in [5.74, 6) is -1.13. The number of esters is 1. The van der Waals surface area contributed by atoms with Crippen LogP contribution in [0.1, 0.15) is 187 Å². The van der Waals surface area contributed by atoms with Crippen molar-refractivity contribution in [2.75, 3.05) is 13.7 Å². The van der Waals surface area contributed by atoms with Crippen molar-refractivity contribution in [1.29, 1.82) is 0 Å². The monoisotopic (exact) mass is 673 g/mol. The van der Waals surface area contributed by atoms with Crippen LogP contribution in [0.4, 0.5) is 0 Å². The van der Waals surface area contributed by atoms with Crippen LogP contribution in [-0.2, 0) is 19.0 Å². The molecule has 1 rings (SSSR count). The standard InChI is InChI=1S/C39H76O8/c1-4-6-8-10-12-14-16-18-20-22-24-26-28-30-33(40)32(29-27-25-23-21-19-17-15-13-11-9-7-5-2)38(44)46-31-34-35(41)36(42)37(43)39(45-3)47-34/h32-37,39-43H,4-31H2,1-3H3/t32-,33+,34-,35-,36+,37-,39+/m1/s1. The number of carbonyl (C=O) groups excluding carboxylic acids is 1.